The highest BCUT2D eigenvalue weighted by Crippen LogP contribution is 2.18. The molecule has 2 unspecified atom stereocenters. The van der Waals surface area contributed by atoms with E-state index in [1.54, 1.807) is 6.08 Å². The van der Waals surface area contributed by atoms with Crippen LogP contribution >= 0.6 is 0 Å². The molecule has 6 nitrogen and oxygen atoms in total. The highest BCUT2D eigenvalue weighted by atomic mass is 16.5. The van der Waals surface area contributed by atoms with Gasteiger partial charge in [-0.05, 0) is 57.8 Å². The van der Waals surface area contributed by atoms with Gasteiger partial charge in [0.15, 0.2) is 0 Å². The third kappa shape index (κ3) is 55.7. The van der Waals surface area contributed by atoms with Gasteiger partial charge in [-0.15, -0.1) is 0 Å². The summed E-state index contributed by atoms with van der Waals surface area (Å²) in [6.07, 6.45) is 73.6. The van der Waals surface area contributed by atoms with Crippen LogP contribution in [0.5, 0.6) is 0 Å². The third-order valence-corrected chi connectivity index (χ3v) is 14.7. The highest BCUT2D eigenvalue weighted by Gasteiger charge is 2.18. The van der Waals surface area contributed by atoms with Crippen molar-refractivity contribution in [1.29, 1.82) is 0 Å². The second-order valence-electron chi connectivity index (χ2n) is 21.7. The van der Waals surface area contributed by atoms with E-state index >= 15 is 0 Å². The zero-order valence-electron chi connectivity index (χ0n) is 47.3. The van der Waals surface area contributed by atoms with Gasteiger partial charge < -0.3 is 20.3 Å². The lowest BCUT2D eigenvalue weighted by Crippen LogP contribution is -2.45. The van der Waals surface area contributed by atoms with Crippen LogP contribution in [0.15, 0.2) is 24.3 Å². The number of esters is 1. The molecule has 70 heavy (non-hydrogen) atoms. The Morgan fingerprint density at radius 1 is 0.386 bits per heavy atom. The third-order valence-electron chi connectivity index (χ3n) is 14.7. The lowest BCUT2D eigenvalue weighted by atomic mass is 10.0. The van der Waals surface area contributed by atoms with Crippen molar-refractivity contribution in [3.05, 3.63) is 24.3 Å². The normalized spacial score (nSPS) is 12.7. The van der Waals surface area contributed by atoms with E-state index in [0.717, 1.165) is 57.8 Å². The van der Waals surface area contributed by atoms with E-state index in [1.165, 1.54) is 263 Å². The van der Waals surface area contributed by atoms with Gasteiger partial charge in [0, 0.05) is 12.8 Å². The first-order chi connectivity index (χ1) is 34.5. The van der Waals surface area contributed by atoms with Crippen LogP contribution in [0.4, 0.5) is 0 Å². The van der Waals surface area contributed by atoms with E-state index < -0.39 is 12.1 Å². The molecule has 0 saturated heterocycles. The van der Waals surface area contributed by atoms with Gasteiger partial charge in [-0.25, -0.2) is 0 Å². The smallest absolute Gasteiger partial charge is 0.305 e. The molecule has 1 amide bonds. The van der Waals surface area contributed by atoms with Crippen molar-refractivity contribution in [1.82, 2.24) is 5.32 Å². The van der Waals surface area contributed by atoms with Crippen molar-refractivity contribution in [2.75, 3.05) is 13.2 Å². The zero-order chi connectivity index (χ0) is 50.7. The van der Waals surface area contributed by atoms with E-state index in [4.69, 9.17) is 4.74 Å². The summed E-state index contributed by atoms with van der Waals surface area (Å²) in [5.74, 6) is -0.0908. The first-order valence-corrected chi connectivity index (χ1v) is 31.6. The first-order valence-electron chi connectivity index (χ1n) is 31.6. The predicted molar refractivity (Wildman–Crippen MR) is 306 cm³/mol. The molecule has 6 heteroatoms. The van der Waals surface area contributed by atoms with E-state index in [-0.39, 0.29) is 18.5 Å². The molecular weight excluding hydrogens is 863 g/mol. The van der Waals surface area contributed by atoms with Gasteiger partial charge in [-0.1, -0.05) is 301 Å². The SMILES string of the molecule is CCCCCCCCC/C=C\CCCCCCCC(=O)OCCCCCCCCCCCCCCCC(=O)NC(CO)C(O)/C=C/CCCCCCCCCCCCCCCCCCCCCCCC. The van der Waals surface area contributed by atoms with Crippen molar-refractivity contribution in [2.24, 2.45) is 0 Å². The molecule has 0 radical (unpaired) electrons. The first kappa shape index (κ1) is 68.3. The Labute approximate surface area is 437 Å². The van der Waals surface area contributed by atoms with Crippen LogP contribution in [0.1, 0.15) is 348 Å². The van der Waals surface area contributed by atoms with Crippen LogP contribution in [0.25, 0.3) is 0 Å². The van der Waals surface area contributed by atoms with Crippen LogP contribution in [0, 0.1) is 0 Å². The summed E-state index contributed by atoms with van der Waals surface area (Å²) in [7, 11) is 0. The fraction of sp³-hybridized carbons (Fsp3) is 0.906. The quantitative estimate of drug-likeness (QED) is 0.0321. The highest BCUT2D eigenvalue weighted by molar-refractivity contribution is 5.76. The second kappa shape index (κ2) is 59.9. The molecule has 0 saturated carbocycles. The van der Waals surface area contributed by atoms with Crippen molar-refractivity contribution in [3.63, 3.8) is 0 Å². The van der Waals surface area contributed by atoms with Crippen LogP contribution in [-0.2, 0) is 14.3 Å². The Morgan fingerprint density at radius 2 is 0.671 bits per heavy atom. The second-order valence-corrected chi connectivity index (χ2v) is 21.7. The van der Waals surface area contributed by atoms with Crippen molar-refractivity contribution in [2.45, 2.75) is 360 Å². The monoisotopic (exact) mass is 986 g/mol. The number of unbranched alkanes of at least 4 members (excludes halogenated alkanes) is 46. The maximum Gasteiger partial charge on any atom is 0.305 e. The standard InChI is InChI=1S/C64H123NO5/c1-3-5-7-9-11-13-15-17-19-21-22-23-24-25-26-27-28-29-32-36-40-44-48-52-56-62(67)61(60-66)65-63(68)57-53-49-45-41-37-33-31-35-39-43-47-51-55-59-70-64(69)58-54-50-46-42-38-34-30-20-18-16-14-12-10-8-6-4-2/h20,30,52,56,61-62,66-67H,3-19,21-29,31-51,53-55,57-60H2,1-2H3,(H,65,68)/b30-20-,56-52+. The molecule has 0 aromatic heterocycles. The van der Waals surface area contributed by atoms with E-state index in [0.29, 0.717) is 19.4 Å². The number of ether oxygens (including phenoxy) is 1. The summed E-state index contributed by atoms with van der Waals surface area (Å²) >= 11 is 0. The molecule has 2 atom stereocenters. The average Bonchev–Trinajstić information content (AvgIpc) is 3.36. The number of hydrogen-bond acceptors (Lipinski definition) is 5. The Hall–Kier alpha value is -1.66. The van der Waals surface area contributed by atoms with Gasteiger partial charge in [0.1, 0.15) is 0 Å². The van der Waals surface area contributed by atoms with Crippen LogP contribution in [0.3, 0.4) is 0 Å². The number of carbonyl (C=O) groups is 2. The van der Waals surface area contributed by atoms with Crippen molar-refractivity contribution < 1.29 is 24.5 Å². The Bertz CT molecular complexity index is 1090. The van der Waals surface area contributed by atoms with Crippen LogP contribution in [-0.4, -0.2) is 47.4 Å². The maximum atomic E-state index is 12.5. The molecule has 0 aliphatic carbocycles. The van der Waals surface area contributed by atoms with Crippen molar-refractivity contribution in [3.8, 4) is 0 Å². The lowest BCUT2D eigenvalue weighted by Gasteiger charge is -2.20. The van der Waals surface area contributed by atoms with Gasteiger partial charge in [0.05, 0.1) is 25.4 Å². The Balaban J connectivity index is 3.47. The number of aliphatic hydroxyl groups is 2. The van der Waals surface area contributed by atoms with Gasteiger partial charge in [0.2, 0.25) is 5.91 Å². The molecule has 0 aromatic carbocycles. The van der Waals surface area contributed by atoms with Crippen molar-refractivity contribution >= 4 is 11.9 Å². The lowest BCUT2D eigenvalue weighted by molar-refractivity contribution is -0.143. The summed E-state index contributed by atoms with van der Waals surface area (Å²) < 4.78 is 5.48. The molecule has 0 spiro atoms. The molecule has 414 valence electrons. The summed E-state index contributed by atoms with van der Waals surface area (Å²) in [4.78, 5) is 24.6. The summed E-state index contributed by atoms with van der Waals surface area (Å²) in [6, 6.07) is -0.639. The zero-order valence-corrected chi connectivity index (χ0v) is 47.3. The number of hydrogen-bond donors (Lipinski definition) is 3. The molecule has 0 bridgehead atoms. The minimum atomic E-state index is -0.855. The number of aliphatic hydroxyl groups excluding tert-OH is 2. The molecule has 0 fully saturated rings. The molecule has 0 aromatic rings. The number of nitrogens with one attached hydrogen (secondary N) is 1. The van der Waals surface area contributed by atoms with Crippen LogP contribution in [0.2, 0.25) is 0 Å². The number of carbonyl (C=O) groups excluding carboxylic acids is 2. The van der Waals surface area contributed by atoms with Gasteiger partial charge in [-0.2, -0.15) is 0 Å². The predicted octanol–water partition coefficient (Wildman–Crippen LogP) is 19.8. The maximum absolute atomic E-state index is 12.5. The molecule has 0 rings (SSSR count). The minimum Gasteiger partial charge on any atom is -0.466 e. The molecule has 0 heterocycles. The molecule has 3 N–H and O–H groups in total. The minimum absolute atomic E-state index is 0.0133. The van der Waals surface area contributed by atoms with Gasteiger partial charge >= 0.3 is 5.97 Å². The molecular formula is C64H123NO5. The Morgan fingerprint density at radius 3 is 1.01 bits per heavy atom. The van der Waals surface area contributed by atoms with Crippen LogP contribution < -0.4 is 5.32 Å². The fourth-order valence-corrected chi connectivity index (χ4v) is 9.87. The fourth-order valence-electron chi connectivity index (χ4n) is 9.87. The summed E-state index contributed by atoms with van der Waals surface area (Å²) in [5, 5.41) is 23.2. The number of amides is 1. The van der Waals surface area contributed by atoms with E-state index in [1.807, 2.05) is 6.08 Å². The number of allylic oxidation sites excluding steroid dienone is 3. The van der Waals surface area contributed by atoms with E-state index in [9.17, 15) is 19.8 Å². The largest absolute Gasteiger partial charge is 0.466 e. The van der Waals surface area contributed by atoms with Gasteiger partial charge in [-0.3, -0.25) is 9.59 Å². The summed E-state index contributed by atoms with van der Waals surface area (Å²) in [6.45, 7) is 4.90. The average molecular weight is 987 g/mol. The number of rotatable bonds is 59. The topological polar surface area (TPSA) is 95.9 Å². The molecule has 0 aliphatic heterocycles. The van der Waals surface area contributed by atoms with Gasteiger partial charge in [0.25, 0.3) is 0 Å². The Kier molecular flexibility index (Phi) is 58.5. The van der Waals surface area contributed by atoms with E-state index in [2.05, 4.69) is 31.3 Å². The summed E-state index contributed by atoms with van der Waals surface area (Å²) in [5.41, 5.74) is 0. The molecule has 0 aliphatic rings.